The first-order valence-corrected chi connectivity index (χ1v) is 11.3. The number of unbranched alkanes of at least 4 members (excludes halogenated alkanes) is 2. The number of carbonyl (C=O) groups is 1. The molecule has 1 amide bonds. The van der Waals surface area contributed by atoms with E-state index in [1.807, 2.05) is 30.1 Å². The molecule has 0 saturated carbocycles. The van der Waals surface area contributed by atoms with Crippen molar-refractivity contribution in [2.24, 2.45) is 5.92 Å². The molecule has 2 fully saturated rings. The van der Waals surface area contributed by atoms with Crippen LogP contribution in [0.4, 0.5) is 0 Å². The highest BCUT2D eigenvalue weighted by atomic mass is 16.2. The fraction of sp³-hybridized carbons (Fsp3) is 0.583. The second-order valence-electron chi connectivity index (χ2n) is 8.95. The highest BCUT2D eigenvalue weighted by molar-refractivity contribution is 5.76. The van der Waals surface area contributed by atoms with E-state index < -0.39 is 0 Å². The van der Waals surface area contributed by atoms with Gasteiger partial charge in [0.25, 0.3) is 0 Å². The Hall–Kier alpha value is -2.14. The van der Waals surface area contributed by atoms with Crippen molar-refractivity contribution in [1.29, 1.82) is 0 Å². The lowest BCUT2D eigenvalue weighted by atomic mass is 9.89. The number of aromatic nitrogens is 2. The minimum atomic E-state index is 0.331. The average Bonchev–Trinajstić information content (AvgIpc) is 3.34. The van der Waals surface area contributed by atoms with Crippen molar-refractivity contribution in [2.45, 2.75) is 69.9 Å². The highest BCUT2D eigenvalue weighted by Crippen LogP contribution is 2.32. The number of amides is 1. The van der Waals surface area contributed by atoms with Gasteiger partial charge in [0.1, 0.15) is 0 Å². The normalized spacial score (nSPS) is 23.3. The molecule has 0 spiro atoms. The molecule has 2 aliphatic heterocycles. The van der Waals surface area contributed by atoms with Gasteiger partial charge >= 0.3 is 0 Å². The SMILES string of the molecule is CN(CCCCCc1cc(-c2ccccc2)n[nH]1)C(=O)CC1CC2CCC(C1)N2. The molecule has 5 heteroatoms. The van der Waals surface area contributed by atoms with E-state index in [4.69, 9.17) is 0 Å². The predicted molar refractivity (Wildman–Crippen MR) is 117 cm³/mol. The maximum Gasteiger partial charge on any atom is 0.222 e. The molecule has 1 aromatic heterocycles. The standard InChI is InChI=1S/C24H34N4O/c1-28(24(29)16-18-14-20-11-12-21(15-18)25-20)13-7-3-6-10-22-17-23(27-26-22)19-8-4-2-5-9-19/h2,4-5,8-9,17-18,20-21,25H,3,6-7,10-16H2,1H3,(H,26,27). The van der Waals surface area contributed by atoms with Crippen molar-refractivity contribution in [3.8, 4) is 11.3 Å². The van der Waals surface area contributed by atoms with Gasteiger partial charge in [-0.2, -0.15) is 5.10 Å². The smallest absolute Gasteiger partial charge is 0.222 e. The molecule has 0 radical (unpaired) electrons. The number of rotatable bonds is 9. The van der Waals surface area contributed by atoms with Crippen molar-refractivity contribution >= 4 is 5.91 Å². The van der Waals surface area contributed by atoms with Gasteiger partial charge in [-0.15, -0.1) is 0 Å². The van der Waals surface area contributed by atoms with E-state index in [0.717, 1.165) is 49.9 Å². The van der Waals surface area contributed by atoms with Crippen LogP contribution in [0.25, 0.3) is 11.3 Å². The maximum absolute atomic E-state index is 12.6. The zero-order valence-electron chi connectivity index (χ0n) is 17.6. The van der Waals surface area contributed by atoms with E-state index in [9.17, 15) is 4.79 Å². The molecule has 0 aliphatic carbocycles. The van der Waals surface area contributed by atoms with Gasteiger partial charge in [0, 0.05) is 43.4 Å². The van der Waals surface area contributed by atoms with E-state index >= 15 is 0 Å². The average molecular weight is 395 g/mol. The fourth-order valence-electron chi connectivity index (χ4n) is 4.96. The summed E-state index contributed by atoms with van der Waals surface area (Å²) in [5.74, 6) is 0.917. The van der Waals surface area contributed by atoms with Gasteiger partial charge in [-0.1, -0.05) is 36.8 Å². The first-order valence-electron chi connectivity index (χ1n) is 11.3. The van der Waals surface area contributed by atoms with Gasteiger partial charge in [-0.25, -0.2) is 0 Å². The summed E-state index contributed by atoms with van der Waals surface area (Å²) in [5.41, 5.74) is 3.35. The van der Waals surface area contributed by atoms with Crippen molar-refractivity contribution in [1.82, 2.24) is 20.4 Å². The predicted octanol–water partition coefficient (Wildman–Crippen LogP) is 4.17. The number of nitrogens with one attached hydrogen (secondary N) is 2. The summed E-state index contributed by atoms with van der Waals surface area (Å²) < 4.78 is 0. The summed E-state index contributed by atoms with van der Waals surface area (Å²) in [6.07, 6.45) is 10.0. The molecular formula is C24H34N4O. The fourth-order valence-corrected chi connectivity index (χ4v) is 4.96. The Kier molecular flexibility index (Phi) is 6.65. The Morgan fingerprint density at radius 2 is 1.86 bits per heavy atom. The van der Waals surface area contributed by atoms with Crippen molar-refractivity contribution in [3.63, 3.8) is 0 Å². The number of benzene rings is 1. The molecular weight excluding hydrogens is 360 g/mol. The van der Waals surface area contributed by atoms with Gasteiger partial charge in [0.15, 0.2) is 0 Å². The van der Waals surface area contributed by atoms with E-state index in [0.29, 0.717) is 23.9 Å². The molecule has 2 aromatic rings. The van der Waals surface area contributed by atoms with E-state index in [1.54, 1.807) is 0 Å². The van der Waals surface area contributed by atoms with Crippen molar-refractivity contribution < 1.29 is 4.79 Å². The number of nitrogens with zero attached hydrogens (tertiary/aromatic N) is 2. The van der Waals surface area contributed by atoms with Gasteiger partial charge in [-0.05, 0) is 56.9 Å². The van der Waals surface area contributed by atoms with E-state index in [1.165, 1.54) is 31.4 Å². The van der Waals surface area contributed by atoms with Crippen molar-refractivity contribution in [2.75, 3.05) is 13.6 Å². The quantitative estimate of drug-likeness (QED) is 0.628. The molecule has 3 heterocycles. The molecule has 2 N–H and O–H groups in total. The summed E-state index contributed by atoms with van der Waals surface area (Å²) >= 11 is 0. The monoisotopic (exact) mass is 394 g/mol. The lowest BCUT2D eigenvalue weighted by Crippen LogP contribution is -2.40. The van der Waals surface area contributed by atoms with Gasteiger partial charge in [0.05, 0.1) is 5.69 Å². The second kappa shape index (κ2) is 9.57. The summed E-state index contributed by atoms with van der Waals surface area (Å²) in [6.45, 7) is 0.870. The summed E-state index contributed by atoms with van der Waals surface area (Å²) in [7, 11) is 1.97. The summed E-state index contributed by atoms with van der Waals surface area (Å²) in [4.78, 5) is 14.5. The second-order valence-corrected chi connectivity index (χ2v) is 8.95. The molecule has 2 aliphatic rings. The molecule has 156 valence electrons. The topological polar surface area (TPSA) is 61.0 Å². The Bertz CT molecular complexity index is 775. The van der Waals surface area contributed by atoms with Crippen LogP contribution in [0.2, 0.25) is 0 Å². The number of hydrogen-bond acceptors (Lipinski definition) is 3. The molecule has 2 unspecified atom stereocenters. The molecule has 5 nitrogen and oxygen atoms in total. The van der Waals surface area contributed by atoms with Crippen LogP contribution in [-0.2, 0) is 11.2 Å². The third kappa shape index (κ3) is 5.47. The van der Waals surface area contributed by atoms with Crippen LogP contribution in [0.1, 0.15) is 57.1 Å². The lowest BCUT2D eigenvalue weighted by molar-refractivity contribution is -0.131. The van der Waals surface area contributed by atoms with E-state index in [-0.39, 0.29) is 0 Å². The minimum Gasteiger partial charge on any atom is -0.346 e. The summed E-state index contributed by atoms with van der Waals surface area (Å²) in [5, 5.41) is 11.2. The Morgan fingerprint density at radius 3 is 2.62 bits per heavy atom. The largest absolute Gasteiger partial charge is 0.346 e. The Labute approximate surface area is 174 Å². The number of hydrogen-bond donors (Lipinski definition) is 2. The van der Waals surface area contributed by atoms with Crippen LogP contribution in [0, 0.1) is 5.92 Å². The maximum atomic E-state index is 12.6. The Morgan fingerprint density at radius 1 is 1.10 bits per heavy atom. The van der Waals surface area contributed by atoms with Crippen LogP contribution in [0.5, 0.6) is 0 Å². The zero-order valence-corrected chi connectivity index (χ0v) is 17.6. The molecule has 29 heavy (non-hydrogen) atoms. The minimum absolute atomic E-state index is 0.331. The van der Waals surface area contributed by atoms with Gasteiger partial charge < -0.3 is 10.2 Å². The number of fused-ring (bicyclic) bond motifs is 2. The van der Waals surface area contributed by atoms with Crippen LogP contribution in [-0.4, -0.2) is 46.7 Å². The molecule has 2 bridgehead atoms. The molecule has 4 rings (SSSR count). The van der Waals surface area contributed by atoms with Gasteiger partial charge in [-0.3, -0.25) is 9.89 Å². The highest BCUT2D eigenvalue weighted by Gasteiger charge is 2.34. The Balaban J connectivity index is 1.12. The third-order valence-corrected chi connectivity index (χ3v) is 6.60. The number of carbonyl (C=O) groups excluding carboxylic acids is 1. The zero-order chi connectivity index (χ0) is 20.1. The molecule has 2 atom stereocenters. The number of piperidine rings is 1. The van der Waals surface area contributed by atoms with Gasteiger partial charge in [0.2, 0.25) is 5.91 Å². The van der Waals surface area contributed by atoms with Crippen molar-refractivity contribution in [3.05, 3.63) is 42.1 Å². The first-order chi connectivity index (χ1) is 14.2. The molecule has 2 saturated heterocycles. The number of aromatic amines is 1. The van der Waals surface area contributed by atoms with Crippen LogP contribution < -0.4 is 5.32 Å². The van der Waals surface area contributed by atoms with E-state index in [2.05, 4.69) is 33.7 Å². The number of H-pyrrole nitrogens is 1. The van der Waals surface area contributed by atoms with Crippen LogP contribution in [0.15, 0.2) is 36.4 Å². The van der Waals surface area contributed by atoms with Crippen LogP contribution >= 0.6 is 0 Å². The lowest BCUT2D eigenvalue weighted by Gasteiger charge is -2.30. The molecule has 1 aromatic carbocycles. The first kappa shape index (κ1) is 20.1. The summed E-state index contributed by atoms with van der Waals surface area (Å²) in [6, 6.07) is 13.8. The number of aryl methyl sites for hydroxylation is 1. The third-order valence-electron chi connectivity index (χ3n) is 6.60. The van der Waals surface area contributed by atoms with Crippen LogP contribution in [0.3, 0.4) is 0 Å².